The molecule has 0 atom stereocenters. The van der Waals surface area contributed by atoms with E-state index in [1.807, 2.05) is 30.3 Å². The molecule has 7 heteroatoms. The molecule has 0 radical (unpaired) electrons. The van der Waals surface area contributed by atoms with E-state index in [9.17, 15) is 9.59 Å². The molecule has 7 nitrogen and oxygen atoms in total. The van der Waals surface area contributed by atoms with Crippen LogP contribution in [0.1, 0.15) is 33.3 Å². The summed E-state index contributed by atoms with van der Waals surface area (Å²) in [6, 6.07) is 9.24. The molecule has 126 valence electrons. The Morgan fingerprint density at radius 1 is 1.04 bits per heavy atom. The number of rotatable bonds is 6. The molecule has 0 aliphatic rings. The van der Waals surface area contributed by atoms with E-state index in [0.717, 1.165) is 5.56 Å². The summed E-state index contributed by atoms with van der Waals surface area (Å²) in [6.07, 6.45) is -1.55. The van der Waals surface area contributed by atoms with Crippen molar-refractivity contribution in [2.45, 2.75) is 39.4 Å². The first-order valence-corrected chi connectivity index (χ1v) is 6.92. The van der Waals surface area contributed by atoms with Crippen molar-refractivity contribution in [2.24, 2.45) is 0 Å². The summed E-state index contributed by atoms with van der Waals surface area (Å²) in [7, 11) is 0. The molecule has 1 rings (SSSR count). The minimum absolute atomic E-state index is 0.407. The molecule has 1 aromatic carbocycles. The van der Waals surface area contributed by atoms with Crippen LogP contribution < -0.4 is 0 Å². The fourth-order valence-corrected chi connectivity index (χ4v) is 1.41. The fourth-order valence-electron chi connectivity index (χ4n) is 1.41. The van der Waals surface area contributed by atoms with Gasteiger partial charge in [0.2, 0.25) is 5.76 Å². The molecule has 0 saturated carbocycles. The summed E-state index contributed by atoms with van der Waals surface area (Å²) in [6.45, 7) is 10.1. The minimum Gasteiger partial charge on any atom is -0.429 e. The number of carbonyl (C=O) groups excluding carboxylic acids is 2. The highest BCUT2D eigenvalue weighted by Gasteiger charge is 2.26. The molecule has 0 fully saturated rings. The van der Waals surface area contributed by atoms with Crippen molar-refractivity contribution >= 4 is 12.1 Å². The van der Waals surface area contributed by atoms with E-state index in [2.05, 4.69) is 21.1 Å². The summed E-state index contributed by atoms with van der Waals surface area (Å²) in [5, 5.41) is 0. The highest BCUT2D eigenvalue weighted by Crippen LogP contribution is 2.25. The zero-order valence-corrected chi connectivity index (χ0v) is 13.5. The summed E-state index contributed by atoms with van der Waals surface area (Å²) >= 11 is 0. The highest BCUT2D eigenvalue weighted by molar-refractivity contribution is 5.85. The van der Waals surface area contributed by atoms with Gasteiger partial charge in [0.25, 0.3) is 0 Å². The second kappa shape index (κ2) is 8.19. The first-order valence-electron chi connectivity index (χ1n) is 6.92. The smallest absolute Gasteiger partial charge is 0.429 e. The van der Waals surface area contributed by atoms with E-state index in [1.54, 1.807) is 27.7 Å². The molecule has 0 aromatic heterocycles. The van der Waals surface area contributed by atoms with Gasteiger partial charge in [0.1, 0.15) is 5.60 Å². The van der Waals surface area contributed by atoms with Crippen LogP contribution in [-0.2, 0) is 34.7 Å². The second-order valence-corrected chi connectivity index (χ2v) is 5.34. The average Bonchev–Trinajstić information content (AvgIpc) is 2.50. The number of hydrogen-bond acceptors (Lipinski definition) is 7. The molecule has 0 N–H and O–H groups in total. The van der Waals surface area contributed by atoms with Gasteiger partial charge in [-0.25, -0.2) is 14.6 Å². The van der Waals surface area contributed by atoms with Crippen LogP contribution in [0.25, 0.3) is 0 Å². The first kappa shape index (κ1) is 18.5. The summed E-state index contributed by atoms with van der Waals surface area (Å²) in [5.74, 6) is -1.60. The third-order valence-corrected chi connectivity index (χ3v) is 2.56. The Morgan fingerprint density at radius 3 is 2.22 bits per heavy atom. The molecule has 0 amide bonds. The van der Waals surface area contributed by atoms with E-state index in [0.29, 0.717) is 0 Å². The Bertz CT molecular complexity index is 549. The zero-order chi connectivity index (χ0) is 17.5. The van der Waals surface area contributed by atoms with E-state index in [1.165, 1.54) is 0 Å². The molecule has 0 bridgehead atoms. The molecule has 0 spiro atoms. The van der Waals surface area contributed by atoms with Crippen LogP contribution in [0, 0.1) is 0 Å². The Hall–Kier alpha value is -2.54. The maximum Gasteiger partial charge on any atom is 0.550 e. The predicted molar refractivity (Wildman–Crippen MR) is 79.6 cm³/mol. The van der Waals surface area contributed by atoms with Crippen molar-refractivity contribution in [3.05, 3.63) is 48.2 Å². The van der Waals surface area contributed by atoms with E-state index >= 15 is 0 Å². The van der Waals surface area contributed by atoms with Crippen LogP contribution in [0.15, 0.2) is 42.7 Å². The van der Waals surface area contributed by atoms with Crippen molar-refractivity contribution in [2.75, 3.05) is 0 Å². The van der Waals surface area contributed by atoms with Crippen LogP contribution >= 0.6 is 0 Å². The van der Waals surface area contributed by atoms with Gasteiger partial charge in [0.15, 0.2) is 0 Å². The number of carbonyl (C=O) groups is 2. The predicted octanol–water partition coefficient (Wildman–Crippen LogP) is 3.40. The maximum atomic E-state index is 11.5. The van der Waals surface area contributed by atoms with Gasteiger partial charge in [-0.15, -0.1) is 0 Å². The lowest BCUT2D eigenvalue weighted by molar-refractivity contribution is -0.335. The van der Waals surface area contributed by atoms with Crippen molar-refractivity contribution in [1.82, 2.24) is 0 Å². The van der Waals surface area contributed by atoms with Gasteiger partial charge in [0, 0.05) is 0 Å². The van der Waals surface area contributed by atoms with Crippen molar-refractivity contribution in [3.63, 3.8) is 0 Å². The molecule has 1 aromatic rings. The standard InChI is InChI=1S/C16H20O7/c1-11(2)19-15(18)22-21-14(17)12(3)20-23-16(4,5)13-9-7-6-8-10-13/h6-11H,3H2,1-2,4-5H3. The maximum absolute atomic E-state index is 11.5. The first-order chi connectivity index (χ1) is 10.7. The normalized spacial score (nSPS) is 10.8. The average molecular weight is 324 g/mol. The third-order valence-electron chi connectivity index (χ3n) is 2.56. The van der Waals surface area contributed by atoms with E-state index in [-0.39, 0.29) is 0 Å². The fraction of sp³-hybridized carbons (Fsp3) is 0.375. The van der Waals surface area contributed by atoms with Crippen LogP contribution in [0.4, 0.5) is 4.79 Å². The van der Waals surface area contributed by atoms with Gasteiger partial charge in [-0.05, 0) is 39.8 Å². The Morgan fingerprint density at radius 2 is 1.65 bits per heavy atom. The van der Waals surface area contributed by atoms with E-state index in [4.69, 9.17) is 9.78 Å². The van der Waals surface area contributed by atoms with Gasteiger partial charge in [0.05, 0.1) is 6.10 Å². The van der Waals surface area contributed by atoms with Crippen LogP contribution in [0.2, 0.25) is 0 Å². The SMILES string of the molecule is C=C(OOC(C)(C)c1ccccc1)C(=O)OOC(=O)OC(C)C. The molecule has 0 unspecified atom stereocenters. The topological polar surface area (TPSA) is 80.3 Å². The lowest BCUT2D eigenvalue weighted by atomic mass is 9.99. The minimum atomic E-state index is -1.15. The van der Waals surface area contributed by atoms with Crippen LogP contribution in [-0.4, -0.2) is 18.2 Å². The molecule has 23 heavy (non-hydrogen) atoms. The Labute approximate surface area is 134 Å². The van der Waals surface area contributed by atoms with Gasteiger partial charge >= 0.3 is 12.1 Å². The monoisotopic (exact) mass is 324 g/mol. The van der Waals surface area contributed by atoms with E-state index < -0.39 is 29.6 Å². The zero-order valence-electron chi connectivity index (χ0n) is 13.5. The highest BCUT2D eigenvalue weighted by atomic mass is 17.3. The van der Waals surface area contributed by atoms with Gasteiger partial charge in [-0.3, -0.25) is 0 Å². The summed E-state index contributed by atoms with van der Waals surface area (Å²) < 4.78 is 4.61. The lowest BCUT2D eigenvalue weighted by Crippen LogP contribution is -2.23. The molecule has 0 heterocycles. The molecule has 0 saturated heterocycles. The largest absolute Gasteiger partial charge is 0.550 e. The second-order valence-electron chi connectivity index (χ2n) is 5.34. The van der Waals surface area contributed by atoms with Gasteiger partial charge < -0.3 is 9.62 Å². The van der Waals surface area contributed by atoms with Gasteiger partial charge in [-0.1, -0.05) is 30.3 Å². The lowest BCUT2D eigenvalue weighted by Gasteiger charge is -2.23. The molecule has 0 aliphatic carbocycles. The molecule has 0 aliphatic heterocycles. The Kier molecular flexibility index (Phi) is 6.59. The van der Waals surface area contributed by atoms with Crippen molar-refractivity contribution in [1.29, 1.82) is 0 Å². The quantitative estimate of drug-likeness (QED) is 0.261. The van der Waals surface area contributed by atoms with Gasteiger partial charge in [-0.2, -0.15) is 9.68 Å². The van der Waals surface area contributed by atoms with Crippen LogP contribution in [0.3, 0.4) is 0 Å². The van der Waals surface area contributed by atoms with Crippen molar-refractivity contribution < 1.29 is 33.9 Å². The van der Waals surface area contributed by atoms with Crippen molar-refractivity contribution in [3.8, 4) is 0 Å². The molecular weight excluding hydrogens is 304 g/mol. The number of ether oxygens (including phenoxy) is 1. The number of hydrogen-bond donors (Lipinski definition) is 0. The third kappa shape index (κ3) is 6.39. The summed E-state index contributed by atoms with van der Waals surface area (Å²) in [5.41, 5.74) is -0.0000228. The molecular formula is C16H20O7. The van der Waals surface area contributed by atoms with Crippen LogP contribution in [0.5, 0.6) is 0 Å². The number of benzene rings is 1. The summed E-state index contributed by atoms with van der Waals surface area (Å²) in [4.78, 5) is 41.0. The Balaban J connectivity index is 2.44.